The van der Waals surface area contributed by atoms with E-state index in [1.165, 1.54) is 16.7 Å². The maximum absolute atomic E-state index is 12.1. The Morgan fingerprint density at radius 1 is 1.00 bits per heavy atom. The van der Waals surface area contributed by atoms with Gasteiger partial charge in [0.2, 0.25) is 0 Å². The fourth-order valence-corrected chi connectivity index (χ4v) is 2.10. The van der Waals surface area contributed by atoms with Crippen molar-refractivity contribution in [2.45, 2.75) is 46.5 Å². The van der Waals surface area contributed by atoms with Gasteiger partial charge in [-0.1, -0.05) is 53.1 Å². The van der Waals surface area contributed by atoms with Crippen LogP contribution in [0.2, 0.25) is 0 Å². The van der Waals surface area contributed by atoms with Crippen LogP contribution in [0.4, 0.5) is 0 Å². The number of hydrogen-bond acceptors (Lipinski definition) is 2. The molecule has 0 spiro atoms. The number of aryl methyl sites for hydroxylation is 1. The topological polar surface area (TPSA) is 37.3 Å². The first kappa shape index (κ1) is 17.4. The van der Waals surface area contributed by atoms with Gasteiger partial charge >= 0.3 is 0 Å². The van der Waals surface area contributed by atoms with Gasteiger partial charge < -0.3 is 5.11 Å². The molecule has 21 heavy (non-hydrogen) atoms. The number of carbonyl (C=O) groups excluding carboxylic acids is 1. The Hall–Kier alpha value is -1.67. The van der Waals surface area contributed by atoms with E-state index in [4.69, 9.17) is 5.11 Å². The van der Waals surface area contributed by atoms with Crippen LogP contribution in [-0.4, -0.2) is 17.5 Å². The van der Waals surface area contributed by atoms with E-state index in [0.717, 1.165) is 24.8 Å². The summed E-state index contributed by atoms with van der Waals surface area (Å²) in [6, 6.07) is 7.76. The first-order chi connectivity index (χ1) is 10.0. The molecule has 0 fully saturated rings. The molecule has 0 saturated heterocycles. The maximum atomic E-state index is 12.1. The number of hydrogen-bond donors (Lipinski definition) is 1. The SMILES string of the molecule is CC(=CCC/C(C)=C/CO)CCC(=O)c1ccc(C)cc1. The summed E-state index contributed by atoms with van der Waals surface area (Å²) in [5.74, 6) is 0.208. The van der Waals surface area contributed by atoms with Crippen LogP contribution in [0, 0.1) is 6.92 Å². The molecule has 0 unspecified atom stereocenters. The molecule has 0 heterocycles. The number of aliphatic hydroxyl groups is 1. The highest BCUT2D eigenvalue weighted by molar-refractivity contribution is 5.96. The van der Waals surface area contributed by atoms with Crippen molar-refractivity contribution in [3.63, 3.8) is 0 Å². The van der Waals surface area contributed by atoms with Gasteiger partial charge in [-0.25, -0.2) is 0 Å². The second kappa shape index (κ2) is 9.30. The van der Waals surface area contributed by atoms with Crippen LogP contribution in [0.15, 0.2) is 47.6 Å². The number of carbonyl (C=O) groups is 1. The van der Waals surface area contributed by atoms with Gasteiger partial charge in [0.05, 0.1) is 6.61 Å². The van der Waals surface area contributed by atoms with Crippen LogP contribution in [0.3, 0.4) is 0 Å². The Bertz CT molecular complexity index is 507. The Kier molecular flexibility index (Phi) is 7.70. The highest BCUT2D eigenvalue weighted by Crippen LogP contribution is 2.13. The van der Waals surface area contributed by atoms with Gasteiger partial charge in [-0.15, -0.1) is 0 Å². The van der Waals surface area contributed by atoms with Crippen molar-refractivity contribution < 1.29 is 9.90 Å². The number of allylic oxidation sites excluding steroid dienone is 3. The molecule has 0 aliphatic carbocycles. The molecule has 0 aliphatic rings. The van der Waals surface area contributed by atoms with Crippen LogP contribution in [0.1, 0.15) is 55.5 Å². The smallest absolute Gasteiger partial charge is 0.163 e. The minimum Gasteiger partial charge on any atom is -0.392 e. The molecule has 0 atom stereocenters. The molecular formula is C19H26O2. The average molecular weight is 286 g/mol. The summed E-state index contributed by atoms with van der Waals surface area (Å²) >= 11 is 0. The predicted octanol–water partition coefficient (Wildman–Crippen LogP) is 4.62. The zero-order valence-corrected chi connectivity index (χ0v) is 13.4. The lowest BCUT2D eigenvalue weighted by Crippen LogP contribution is -1.99. The van der Waals surface area contributed by atoms with Crippen LogP contribution in [0.5, 0.6) is 0 Å². The van der Waals surface area contributed by atoms with Crippen molar-refractivity contribution in [2.24, 2.45) is 0 Å². The molecule has 1 rings (SSSR count). The summed E-state index contributed by atoms with van der Waals surface area (Å²) in [5.41, 5.74) is 4.44. The Morgan fingerprint density at radius 2 is 1.62 bits per heavy atom. The van der Waals surface area contributed by atoms with Gasteiger partial charge in [-0.05, 0) is 40.0 Å². The Morgan fingerprint density at radius 3 is 2.24 bits per heavy atom. The minimum absolute atomic E-state index is 0.111. The van der Waals surface area contributed by atoms with Crippen LogP contribution in [0.25, 0.3) is 0 Å². The second-order valence-corrected chi connectivity index (χ2v) is 5.61. The van der Waals surface area contributed by atoms with E-state index in [-0.39, 0.29) is 12.4 Å². The van der Waals surface area contributed by atoms with Crippen LogP contribution in [-0.2, 0) is 0 Å². The number of benzene rings is 1. The van der Waals surface area contributed by atoms with Crippen molar-refractivity contribution in [1.82, 2.24) is 0 Å². The normalized spacial score (nSPS) is 12.6. The fraction of sp³-hybridized carbons (Fsp3) is 0.421. The first-order valence-electron chi connectivity index (χ1n) is 7.55. The molecule has 2 heteroatoms. The zero-order valence-electron chi connectivity index (χ0n) is 13.4. The van der Waals surface area contributed by atoms with Crippen molar-refractivity contribution >= 4 is 5.78 Å². The molecule has 1 N–H and O–H groups in total. The molecule has 1 aromatic rings. The second-order valence-electron chi connectivity index (χ2n) is 5.61. The lowest BCUT2D eigenvalue weighted by atomic mass is 10.0. The van der Waals surface area contributed by atoms with Gasteiger partial charge in [0, 0.05) is 12.0 Å². The van der Waals surface area contributed by atoms with E-state index in [1.807, 2.05) is 44.2 Å². The van der Waals surface area contributed by atoms with Crippen molar-refractivity contribution in [2.75, 3.05) is 6.61 Å². The molecule has 1 aromatic carbocycles. The molecule has 114 valence electrons. The molecule has 0 amide bonds. The fourth-order valence-electron chi connectivity index (χ4n) is 2.10. The van der Waals surface area contributed by atoms with E-state index in [1.54, 1.807) is 0 Å². The van der Waals surface area contributed by atoms with Crippen molar-refractivity contribution in [3.05, 3.63) is 58.7 Å². The number of rotatable bonds is 8. The molecule has 0 bridgehead atoms. The lowest BCUT2D eigenvalue weighted by molar-refractivity contribution is 0.0983. The quantitative estimate of drug-likeness (QED) is 0.559. The maximum Gasteiger partial charge on any atom is 0.163 e. The van der Waals surface area contributed by atoms with Gasteiger partial charge in [0.25, 0.3) is 0 Å². The summed E-state index contributed by atoms with van der Waals surface area (Å²) in [5, 5.41) is 8.79. The van der Waals surface area contributed by atoms with E-state index in [0.29, 0.717) is 6.42 Å². The highest BCUT2D eigenvalue weighted by Gasteiger charge is 2.05. The molecule has 2 nitrogen and oxygen atoms in total. The highest BCUT2D eigenvalue weighted by atomic mass is 16.2. The third-order valence-electron chi connectivity index (χ3n) is 3.59. The van der Waals surface area contributed by atoms with Crippen LogP contribution < -0.4 is 0 Å². The Labute approximate surface area is 128 Å². The van der Waals surface area contributed by atoms with Crippen molar-refractivity contribution in [1.29, 1.82) is 0 Å². The van der Waals surface area contributed by atoms with Gasteiger partial charge in [0.1, 0.15) is 0 Å². The van der Waals surface area contributed by atoms with Gasteiger partial charge in [-0.2, -0.15) is 0 Å². The summed E-state index contributed by atoms with van der Waals surface area (Å²) in [4.78, 5) is 12.1. The monoisotopic (exact) mass is 286 g/mol. The minimum atomic E-state index is 0.111. The zero-order chi connectivity index (χ0) is 15.7. The largest absolute Gasteiger partial charge is 0.392 e. The summed E-state index contributed by atoms with van der Waals surface area (Å²) in [6.07, 6.45) is 7.34. The molecule has 0 aromatic heterocycles. The number of ketones is 1. The summed E-state index contributed by atoms with van der Waals surface area (Å²) in [6.45, 7) is 6.24. The first-order valence-corrected chi connectivity index (χ1v) is 7.55. The third kappa shape index (κ3) is 7.05. The molecular weight excluding hydrogens is 260 g/mol. The summed E-state index contributed by atoms with van der Waals surface area (Å²) in [7, 11) is 0. The molecule has 0 radical (unpaired) electrons. The predicted molar refractivity (Wildman–Crippen MR) is 88.6 cm³/mol. The summed E-state index contributed by atoms with van der Waals surface area (Å²) < 4.78 is 0. The number of Topliss-reactive ketones (excluding diaryl/α,β-unsaturated/α-hetero) is 1. The average Bonchev–Trinajstić information content (AvgIpc) is 2.46. The van der Waals surface area contributed by atoms with E-state index >= 15 is 0 Å². The van der Waals surface area contributed by atoms with Crippen LogP contribution >= 0.6 is 0 Å². The lowest BCUT2D eigenvalue weighted by Gasteiger charge is -2.03. The van der Waals surface area contributed by atoms with Gasteiger partial charge in [0.15, 0.2) is 5.78 Å². The molecule has 0 saturated carbocycles. The number of aliphatic hydroxyl groups excluding tert-OH is 1. The molecule has 0 aliphatic heterocycles. The van der Waals surface area contributed by atoms with E-state index in [2.05, 4.69) is 13.0 Å². The van der Waals surface area contributed by atoms with E-state index in [9.17, 15) is 4.79 Å². The Balaban J connectivity index is 2.38. The van der Waals surface area contributed by atoms with Crippen molar-refractivity contribution in [3.8, 4) is 0 Å². The standard InChI is InChI=1S/C19H26O2/c1-15(5-4-6-16(2)13-14-20)9-12-19(21)18-10-7-17(3)8-11-18/h5,7-8,10-11,13,20H,4,6,9,12,14H2,1-3H3/b15-5?,16-13+. The third-order valence-corrected chi connectivity index (χ3v) is 3.59. The van der Waals surface area contributed by atoms with E-state index < -0.39 is 0 Å². The van der Waals surface area contributed by atoms with Gasteiger partial charge in [-0.3, -0.25) is 4.79 Å².